The zero-order valence-corrected chi connectivity index (χ0v) is 11.2. The Kier molecular flexibility index (Phi) is 5.38. The molecular weight excluding hydrogens is 286 g/mol. The third-order valence-corrected chi connectivity index (χ3v) is 3.26. The molecule has 0 fully saturated rings. The Labute approximate surface area is 119 Å². The Balaban J connectivity index is 1.92. The summed E-state index contributed by atoms with van der Waals surface area (Å²) in [5.41, 5.74) is 0. The summed E-state index contributed by atoms with van der Waals surface area (Å²) in [6.07, 6.45) is 2.41. The highest BCUT2D eigenvalue weighted by Crippen LogP contribution is 2.33. The van der Waals surface area contributed by atoms with Crippen LogP contribution in [0.3, 0.4) is 0 Å². The van der Waals surface area contributed by atoms with Gasteiger partial charge in [-0.1, -0.05) is 17.3 Å². The molecule has 0 aliphatic heterocycles. The number of hydrogen-bond donors (Lipinski definition) is 1. The second-order valence-electron chi connectivity index (χ2n) is 4.76. The minimum absolute atomic E-state index is 0.0657. The molecule has 1 aliphatic carbocycles. The lowest BCUT2D eigenvalue weighted by atomic mass is 9.83. The number of aliphatic carboxylic acids is 1. The molecule has 1 N–H and O–H groups in total. The number of nitrogens with zero attached hydrogens (tertiary/aromatic N) is 2. The number of carboxylic acid groups (broad SMARTS) is 1. The largest absolute Gasteiger partial charge is 0.481 e. The maximum absolute atomic E-state index is 11.9. The first-order chi connectivity index (χ1) is 10.1. The fraction of sp³-hybridized carbons (Fsp3) is 0.615. The molecule has 1 aromatic rings. The summed E-state index contributed by atoms with van der Waals surface area (Å²) >= 11 is 0. The molecule has 8 heteroatoms. The van der Waals surface area contributed by atoms with Gasteiger partial charge in [-0.05, 0) is 12.8 Å². The SMILES string of the molecule is O=C(O)C1CC=CCC1c1nc(CCOCC(F)F)no1. The van der Waals surface area contributed by atoms with Crippen molar-refractivity contribution >= 4 is 5.97 Å². The number of allylic oxidation sites excluding steroid dienone is 2. The molecule has 21 heavy (non-hydrogen) atoms. The molecule has 0 saturated carbocycles. The van der Waals surface area contributed by atoms with Crippen molar-refractivity contribution in [2.75, 3.05) is 13.2 Å². The molecule has 1 aromatic heterocycles. The molecule has 1 aliphatic rings. The molecule has 2 rings (SSSR count). The van der Waals surface area contributed by atoms with E-state index < -0.39 is 24.9 Å². The monoisotopic (exact) mass is 302 g/mol. The van der Waals surface area contributed by atoms with Crippen LogP contribution in [0, 0.1) is 5.92 Å². The molecule has 0 saturated heterocycles. The van der Waals surface area contributed by atoms with Crippen molar-refractivity contribution in [1.82, 2.24) is 10.1 Å². The van der Waals surface area contributed by atoms with Gasteiger partial charge in [0.05, 0.1) is 18.4 Å². The summed E-state index contributed by atoms with van der Waals surface area (Å²) in [5.74, 6) is -1.23. The summed E-state index contributed by atoms with van der Waals surface area (Å²) in [6.45, 7) is -0.560. The summed E-state index contributed by atoms with van der Waals surface area (Å²) < 4.78 is 33.6. The highest BCUT2D eigenvalue weighted by atomic mass is 19.3. The lowest BCUT2D eigenvalue weighted by Gasteiger charge is -2.21. The summed E-state index contributed by atoms with van der Waals surface area (Å²) in [7, 11) is 0. The van der Waals surface area contributed by atoms with Gasteiger partial charge in [0, 0.05) is 6.42 Å². The van der Waals surface area contributed by atoms with E-state index in [1.807, 2.05) is 12.2 Å². The first kappa shape index (κ1) is 15.6. The van der Waals surface area contributed by atoms with E-state index in [0.29, 0.717) is 18.7 Å². The van der Waals surface area contributed by atoms with Gasteiger partial charge in [-0.2, -0.15) is 4.98 Å². The average Bonchev–Trinajstić information content (AvgIpc) is 2.92. The van der Waals surface area contributed by atoms with Gasteiger partial charge in [0.15, 0.2) is 5.82 Å². The van der Waals surface area contributed by atoms with E-state index in [4.69, 9.17) is 9.26 Å². The van der Waals surface area contributed by atoms with Gasteiger partial charge in [0.25, 0.3) is 6.43 Å². The summed E-state index contributed by atoms with van der Waals surface area (Å²) in [4.78, 5) is 15.3. The van der Waals surface area contributed by atoms with Gasteiger partial charge >= 0.3 is 5.97 Å². The van der Waals surface area contributed by atoms with E-state index in [9.17, 15) is 18.7 Å². The predicted octanol–water partition coefficient (Wildman–Crippen LogP) is 2.03. The third kappa shape index (κ3) is 4.32. The van der Waals surface area contributed by atoms with Gasteiger partial charge in [-0.3, -0.25) is 4.79 Å². The topological polar surface area (TPSA) is 85.5 Å². The first-order valence-corrected chi connectivity index (χ1v) is 6.64. The molecule has 2 unspecified atom stereocenters. The summed E-state index contributed by atoms with van der Waals surface area (Å²) in [5, 5.41) is 12.9. The van der Waals surface area contributed by atoms with Crippen molar-refractivity contribution < 1.29 is 27.9 Å². The van der Waals surface area contributed by atoms with Crippen molar-refractivity contribution in [3.8, 4) is 0 Å². The number of rotatable bonds is 7. The Hall–Kier alpha value is -1.83. The van der Waals surface area contributed by atoms with Crippen molar-refractivity contribution in [2.45, 2.75) is 31.6 Å². The van der Waals surface area contributed by atoms with Crippen LogP contribution < -0.4 is 0 Å². The van der Waals surface area contributed by atoms with Gasteiger partial charge < -0.3 is 14.4 Å². The van der Waals surface area contributed by atoms with Crippen LogP contribution in [0.25, 0.3) is 0 Å². The van der Waals surface area contributed by atoms with E-state index in [2.05, 4.69) is 10.1 Å². The molecule has 0 aromatic carbocycles. The Morgan fingerprint density at radius 2 is 2.24 bits per heavy atom. The minimum Gasteiger partial charge on any atom is -0.481 e. The fourth-order valence-electron chi connectivity index (χ4n) is 2.22. The molecule has 2 atom stereocenters. The minimum atomic E-state index is -2.50. The van der Waals surface area contributed by atoms with Crippen LogP contribution in [0.4, 0.5) is 8.78 Å². The molecule has 116 valence electrons. The van der Waals surface area contributed by atoms with E-state index in [-0.39, 0.29) is 24.8 Å². The maximum atomic E-state index is 11.9. The van der Waals surface area contributed by atoms with Gasteiger partial charge in [0.2, 0.25) is 5.89 Å². The number of aromatic nitrogens is 2. The van der Waals surface area contributed by atoms with Crippen molar-refractivity contribution in [3.63, 3.8) is 0 Å². The van der Waals surface area contributed by atoms with Crippen LogP contribution in [0.5, 0.6) is 0 Å². The van der Waals surface area contributed by atoms with E-state index in [1.54, 1.807) is 0 Å². The molecule has 0 bridgehead atoms. The molecule has 6 nitrogen and oxygen atoms in total. The molecule has 0 amide bonds. The van der Waals surface area contributed by atoms with E-state index in [1.165, 1.54) is 0 Å². The van der Waals surface area contributed by atoms with E-state index in [0.717, 1.165) is 0 Å². The predicted molar refractivity (Wildman–Crippen MR) is 67.1 cm³/mol. The Bertz CT molecular complexity index is 504. The highest BCUT2D eigenvalue weighted by Gasteiger charge is 2.33. The number of alkyl halides is 2. The number of ether oxygens (including phenoxy) is 1. The van der Waals surface area contributed by atoms with Crippen LogP contribution in [-0.2, 0) is 16.0 Å². The number of carbonyl (C=O) groups is 1. The summed E-state index contributed by atoms with van der Waals surface area (Å²) in [6, 6.07) is 0. The molecular formula is C13H16F2N2O4. The quantitative estimate of drug-likeness (QED) is 0.612. The second-order valence-corrected chi connectivity index (χ2v) is 4.76. The van der Waals surface area contributed by atoms with Crippen molar-refractivity contribution in [1.29, 1.82) is 0 Å². The second kappa shape index (κ2) is 7.26. The van der Waals surface area contributed by atoms with Crippen molar-refractivity contribution in [3.05, 3.63) is 23.9 Å². The molecule has 0 spiro atoms. The van der Waals surface area contributed by atoms with Gasteiger partial charge in [0.1, 0.15) is 6.61 Å². The zero-order chi connectivity index (χ0) is 15.2. The smallest absolute Gasteiger partial charge is 0.307 e. The third-order valence-electron chi connectivity index (χ3n) is 3.26. The standard InChI is InChI=1S/C13H16F2N2O4/c14-10(15)7-20-6-5-11-16-12(21-17-11)8-3-1-2-4-9(8)13(18)19/h1-2,8-10H,3-7H2,(H,18,19). The number of halogens is 2. The zero-order valence-electron chi connectivity index (χ0n) is 11.2. The first-order valence-electron chi connectivity index (χ1n) is 6.64. The maximum Gasteiger partial charge on any atom is 0.307 e. The van der Waals surface area contributed by atoms with Crippen LogP contribution in [0.1, 0.15) is 30.5 Å². The van der Waals surface area contributed by atoms with Crippen molar-refractivity contribution in [2.24, 2.45) is 5.92 Å². The van der Waals surface area contributed by atoms with Crippen LogP contribution >= 0.6 is 0 Å². The normalized spacial score (nSPS) is 21.9. The van der Waals surface area contributed by atoms with Gasteiger partial charge in [-0.25, -0.2) is 8.78 Å². The number of hydrogen-bond acceptors (Lipinski definition) is 5. The number of carboxylic acids is 1. The van der Waals surface area contributed by atoms with Crippen LogP contribution in [0.2, 0.25) is 0 Å². The highest BCUT2D eigenvalue weighted by molar-refractivity contribution is 5.71. The lowest BCUT2D eigenvalue weighted by Crippen LogP contribution is -2.23. The average molecular weight is 302 g/mol. The molecule has 1 heterocycles. The lowest BCUT2D eigenvalue weighted by molar-refractivity contribution is -0.142. The van der Waals surface area contributed by atoms with Crippen LogP contribution in [0.15, 0.2) is 16.7 Å². The van der Waals surface area contributed by atoms with E-state index >= 15 is 0 Å². The Morgan fingerprint density at radius 3 is 2.95 bits per heavy atom. The van der Waals surface area contributed by atoms with Crippen LogP contribution in [-0.4, -0.2) is 40.9 Å². The Morgan fingerprint density at radius 1 is 1.48 bits per heavy atom. The van der Waals surface area contributed by atoms with Gasteiger partial charge in [-0.15, -0.1) is 0 Å². The molecule has 0 radical (unpaired) electrons. The fourth-order valence-corrected chi connectivity index (χ4v) is 2.22.